The van der Waals surface area contributed by atoms with Gasteiger partial charge in [0.25, 0.3) is 0 Å². The highest BCUT2D eigenvalue weighted by atomic mass is 32.2. The van der Waals surface area contributed by atoms with Crippen LogP contribution in [0.4, 0.5) is 22.7 Å². The fraction of sp³-hybridized carbons (Fsp3) is 0.443. The molecular weight excluding hydrogens is 1410 g/mol. The van der Waals surface area contributed by atoms with E-state index in [2.05, 4.69) is 85.0 Å². The van der Waals surface area contributed by atoms with Gasteiger partial charge in [-0.05, 0) is 208 Å². The third-order valence-corrected chi connectivity index (χ3v) is 25.3. The van der Waals surface area contributed by atoms with Crippen LogP contribution in [0.5, 0.6) is 11.5 Å². The first-order chi connectivity index (χ1) is 52.7. The molecular formula is C88H106N8O11S2. The van der Waals surface area contributed by atoms with E-state index in [4.69, 9.17) is 15.2 Å². The summed E-state index contributed by atoms with van der Waals surface area (Å²) >= 11 is 0. The predicted octanol–water partition coefficient (Wildman–Crippen LogP) is 16.9. The Kier molecular flexibility index (Phi) is 25.5. The molecule has 6 aromatic carbocycles. The number of amides is 1. The van der Waals surface area contributed by atoms with E-state index >= 15 is 0 Å². The number of hydrogen-bond donors (Lipinski definition) is 2. The Hall–Kier alpha value is -9.15. The summed E-state index contributed by atoms with van der Waals surface area (Å²) < 4.78 is 68.7. The number of Topliss-reactive ketones (excluding diaryl/α,β-unsaturated/α-hetero) is 4. The number of sulfonamides is 2. The van der Waals surface area contributed by atoms with Gasteiger partial charge in [-0.3, -0.25) is 24.0 Å². The highest BCUT2D eigenvalue weighted by Crippen LogP contribution is 2.47. The van der Waals surface area contributed by atoms with Gasteiger partial charge in [0.2, 0.25) is 26.0 Å². The van der Waals surface area contributed by atoms with Gasteiger partial charge in [0.1, 0.15) is 24.7 Å². The third kappa shape index (κ3) is 19.4. The SMILES string of the molecule is CC(=O)Nc1ccc(N2CCN(S(C)(=O)=O)CC2)c(COc2ccc(-c3c(C4CCCCC4)c4ccc5cc4n3CC(=O)CCC/C=C\CCCC5=O)cc2)c1.CS(=O)(=O)N1CCN(c2ccc(N)cc2COc2ccc(-c3c(C4CCCCC4)c4ccc5cc4n3CC(=O)CCC/C=C\CCCC5=O)cc2)CC1. The van der Waals surface area contributed by atoms with Crippen LogP contribution >= 0.6 is 0 Å². The number of nitrogens with zero attached hydrogens (tertiary/aromatic N) is 6. The lowest BCUT2D eigenvalue weighted by Crippen LogP contribution is -2.48. The number of nitrogen functional groups attached to an aromatic ring is 1. The van der Waals surface area contributed by atoms with Crippen molar-refractivity contribution in [3.63, 3.8) is 0 Å². The molecule has 19 nitrogen and oxygen atoms in total. The molecule has 2 saturated heterocycles. The lowest BCUT2D eigenvalue weighted by Gasteiger charge is -2.35. The van der Waals surface area contributed by atoms with Crippen molar-refractivity contribution in [2.24, 2.45) is 0 Å². The van der Waals surface area contributed by atoms with Crippen LogP contribution in [0.15, 0.2) is 146 Å². The summed E-state index contributed by atoms with van der Waals surface area (Å²) in [4.78, 5) is 70.3. The van der Waals surface area contributed by atoms with Crippen molar-refractivity contribution >= 4 is 93.6 Å². The number of ketones is 4. The topological polar surface area (TPSA) is 233 Å². The normalized spacial score (nSPS) is 19.0. The van der Waals surface area contributed by atoms with Gasteiger partial charge in [-0.25, -0.2) is 16.8 Å². The average molecular weight is 1520 g/mol. The number of nitrogens with one attached hydrogen (secondary N) is 1. The lowest BCUT2D eigenvalue weighted by atomic mass is 9.81. The molecule has 6 aliphatic rings. The second-order valence-corrected chi connectivity index (χ2v) is 34.6. The maximum absolute atomic E-state index is 13.7. The zero-order valence-electron chi connectivity index (χ0n) is 63.6. The molecule has 14 rings (SSSR count). The van der Waals surface area contributed by atoms with E-state index in [9.17, 15) is 40.8 Å². The molecule has 0 spiro atoms. The van der Waals surface area contributed by atoms with Crippen molar-refractivity contribution in [2.75, 3.05) is 85.7 Å². The van der Waals surface area contributed by atoms with E-state index in [1.54, 1.807) is 0 Å². The number of benzene rings is 6. The van der Waals surface area contributed by atoms with Gasteiger partial charge in [0.15, 0.2) is 23.1 Å². The molecule has 2 aliphatic carbocycles. The molecule has 109 heavy (non-hydrogen) atoms. The number of rotatable bonds is 15. The van der Waals surface area contributed by atoms with E-state index in [1.165, 1.54) is 77.7 Å². The van der Waals surface area contributed by atoms with Crippen LogP contribution in [0.3, 0.4) is 0 Å². The molecule has 2 saturated carbocycles. The van der Waals surface area contributed by atoms with Crippen LogP contribution in [0.1, 0.15) is 203 Å². The lowest BCUT2D eigenvalue weighted by molar-refractivity contribution is -0.120. The van der Waals surface area contributed by atoms with Gasteiger partial charge in [-0.15, -0.1) is 0 Å². The quantitative estimate of drug-likeness (QED) is 0.0718. The molecule has 576 valence electrons. The Morgan fingerprint density at radius 1 is 0.450 bits per heavy atom. The van der Waals surface area contributed by atoms with Crippen molar-refractivity contribution in [1.82, 2.24) is 17.7 Å². The van der Waals surface area contributed by atoms with Gasteiger partial charge in [-0.2, -0.15) is 8.61 Å². The first kappa shape index (κ1) is 78.0. The number of hydrogen-bond acceptors (Lipinski definition) is 14. The van der Waals surface area contributed by atoms with Gasteiger partial charge in [0.05, 0.1) is 37.0 Å². The summed E-state index contributed by atoms with van der Waals surface area (Å²) in [6.45, 7) is 6.47. The Bertz CT molecular complexity index is 4920. The van der Waals surface area contributed by atoms with E-state index < -0.39 is 20.0 Å². The Morgan fingerprint density at radius 3 is 1.24 bits per heavy atom. The number of ether oxygens (including phenoxy) is 2. The molecule has 4 bridgehead atoms. The molecule has 6 heterocycles. The molecule has 4 aliphatic heterocycles. The molecule has 0 atom stereocenters. The summed E-state index contributed by atoms with van der Waals surface area (Å²) in [7, 11) is -6.49. The smallest absolute Gasteiger partial charge is 0.221 e. The molecule has 8 aromatic rings. The van der Waals surface area contributed by atoms with E-state index in [-0.39, 0.29) is 48.7 Å². The minimum absolute atomic E-state index is 0.137. The van der Waals surface area contributed by atoms with E-state index in [0.717, 1.165) is 144 Å². The van der Waals surface area contributed by atoms with Crippen LogP contribution < -0.4 is 30.3 Å². The summed E-state index contributed by atoms with van der Waals surface area (Å²) in [5, 5.41) is 5.15. The summed E-state index contributed by atoms with van der Waals surface area (Å²) in [6.07, 6.45) is 31.4. The molecule has 2 aromatic heterocycles. The molecule has 3 N–H and O–H groups in total. The largest absolute Gasteiger partial charge is 0.489 e. The van der Waals surface area contributed by atoms with Crippen molar-refractivity contribution in [3.8, 4) is 34.0 Å². The molecule has 0 unspecified atom stereocenters. The van der Waals surface area contributed by atoms with Crippen LogP contribution in [-0.4, -0.2) is 128 Å². The van der Waals surface area contributed by atoms with Crippen molar-refractivity contribution < 1.29 is 50.3 Å². The third-order valence-electron chi connectivity index (χ3n) is 22.7. The highest BCUT2D eigenvalue weighted by Gasteiger charge is 2.32. The van der Waals surface area contributed by atoms with Crippen molar-refractivity contribution in [1.29, 1.82) is 0 Å². The van der Waals surface area contributed by atoms with Gasteiger partial charge >= 0.3 is 0 Å². The van der Waals surface area contributed by atoms with Crippen molar-refractivity contribution in [2.45, 2.75) is 186 Å². The van der Waals surface area contributed by atoms with Gasteiger partial charge < -0.3 is 39.5 Å². The fourth-order valence-corrected chi connectivity index (χ4v) is 18.8. The number of allylic oxidation sites excluding steroid dienone is 4. The minimum Gasteiger partial charge on any atom is -0.489 e. The summed E-state index contributed by atoms with van der Waals surface area (Å²) in [6, 6.07) is 40.1. The second kappa shape index (κ2) is 35.7. The van der Waals surface area contributed by atoms with Crippen molar-refractivity contribution in [3.05, 3.63) is 179 Å². The fourth-order valence-electron chi connectivity index (χ4n) is 17.1. The number of carbonyl (C=O) groups is 5. The number of anilines is 4. The average Bonchev–Trinajstić information content (AvgIpc) is 1.59. The maximum atomic E-state index is 13.7. The first-order valence-corrected chi connectivity index (χ1v) is 43.3. The van der Waals surface area contributed by atoms with Crippen LogP contribution in [0.25, 0.3) is 44.3 Å². The number of nitrogens with two attached hydrogens (primary N) is 1. The van der Waals surface area contributed by atoms with E-state index in [1.807, 2.05) is 84.9 Å². The van der Waals surface area contributed by atoms with Crippen LogP contribution in [0, 0.1) is 0 Å². The van der Waals surface area contributed by atoms with Gasteiger partial charge in [0, 0.05) is 152 Å². The molecule has 21 heteroatoms. The molecule has 4 fully saturated rings. The molecule has 1 amide bonds. The monoisotopic (exact) mass is 1510 g/mol. The standard InChI is InChI=1S/C45H54N4O6S.C43H52N4O5S/c1-32(50)46-37-19-23-41(47-24-26-48(27-25-47)56(2,53)54)36(28-37)31-55-39-20-16-34(17-21-39)45-44(33-12-8-7-9-13-33)40-22-18-35-29-42(40)49(45)30-38(51)14-10-5-3-4-6-11-15-43(35)52;1-53(50,51)46-25-23-45(24-26-46)39-22-18-35(44)27-34(39)30-52-37-19-15-32(16-20-37)43-42(31-11-7-6-8-12-31)38-21-17-33-28-40(38)47(43)29-36(48)13-9-4-2-3-5-10-14-41(33)49/h3-4,16-23,28-29,33H,5-15,24-27,30-31H2,1-2H3,(H,46,50);2-3,15-22,27-28,31H,4-14,23-26,29-30,44H2,1H3/b4-3-;3-2-. The second-order valence-electron chi connectivity index (χ2n) is 30.6. The summed E-state index contributed by atoms with van der Waals surface area (Å²) in [5.74, 6) is 2.64. The molecule has 0 radical (unpaired) electrons. The van der Waals surface area contributed by atoms with Gasteiger partial charge in [-0.1, -0.05) is 87.1 Å². The Balaban J connectivity index is 0.000000192. The number of piperazine rings is 2. The minimum atomic E-state index is -3.27. The first-order valence-electron chi connectivity index (χ1n) is 39.6. The Morgan fingerprint density at radius 2 is 0.835 bits per heavy atom. The van der Waals surface area contributed by atoms with Crippen LogP contribution in [0.2, 0.25) is 0 Å². The maximum Gasteiger partial charge on any atom is 0.221 e. The Labute approximate surface area is 643 Å². The zero-order chi connectivity index (χ0) is 76.2. The predicted molar refractivity (Wildman–Crippen MR) is 436 cm³/mol. The van der Waals surface area contributed by atoms with Crippen LogP contribution in [-0.2, 0) is 60.7 Å². The van der Waals surface area contributed by atoms with E-state index in [0.29, 0.717) is 130 Å². The number of aromatic nitrogens is 2. The highest BCUT2D eigenvalue weighted by molar-refractivity contribution is 7.88. The summed E-state index contributed by atoms with van der Waals surface area (Å²) in [5.41, 5.74) is 21.4. The number of fused-ring (bicyclic) bond motifs is 2. The number of carbonyl (C=O) groups excluding carboxylic acids is 5. The zero-order valence-corrected chi connectivity index (χ0v) is 65.3.